The second-order valence-corrected chi connectivity index (χ2v) is 8.22. The molecule has 0 spiro atoms. The summed E-state index contributed by atoms with van der Waals surface area (Å²) in [5.74, 6) is 2.26. The van der Waals surface area contributed by atoms with Crippen LogP contribution < -0.4 is 4.90 Å². The zero-order valence-electron chi connectivity index (χ0n) is 15.4. The van der Waals surface area contributed by atoms with Gasteiger partial charge in [-0.05, 0) is 37.8 Å². The lowest BCUT2D eigenvalue weighted by Crippen LogP contribution is -2.38. The molecule has 0 bridgehead atoms. The number of nitrogens with zero attached hydrogens (tertiary/aromatic N) is 5. The summed E-state index contributed by atoms with van der Waals surface area (Å²) in [5, 5.41) is 9.54. The predicted molar refractivity (Wildman–Crippen MR) is 104 cm³/mol. The van der Waals surface area contributed by atoms with E-state index in [9.17, 15) is 4.79 Å². The zero-order chi connectivity index (χ0) is 18.1. The maximum absolute atomic E-state index is 12.5. The number of aromatic nitrogens is 3. The summed E-state index contributed by atoms with van der Waals surface area (Å²) in [6.07, 6.45) is 2.23. The van der Waals surface area contributed by atoms with E-state index in [1.54, 1.807) is 0 Å². The molecule has 0 N–H and O–H groups in total. The van der Waals surface area contributed by atoms with Crippen LogP contribution in [0.5, 0.6) is 0 Å². The van der Waals surface area contributed by atoms with E-state index in [4.69, 9.17) is 0 Å². The number of anilines is 2. The number of rotatable bonds is 4. The fourth-order valence-electron chi connectivity index (χ4n) is 3.53. The van der Waals surface area contributed by atoms with Gasteiger partial charge in [-0.1, -0.05) is 36.4 Å². The van der Waals surface area contributed by atoms with Crippen molar-refractivity contribution in [3.8, 4) is 0 Å². The van der Waals surface area contributed by atoms with Crippen molar-refractivity contribution < 1.29 is 4.79 Å². The zero-order valence-corrected chi connectivity index (χ0v) is 16.2. The maximum Gasteiger partial charge on any atom is 0.233 e. The van der Waals surface area contributed by atoms with Crippen molar-refractivity contribution in [2.24, 2.45) is 5.92 Å². The molecule has 2 aliphatic heterocycles. The molecule has 1 aromatic carbocycles. The minimum Gasteiger partial charge on any atom is -0.342 e. The Labute approximate surface area is 158 Å². The fourth-order valence-corrected chi connectivity index (χ4v) is 4.39. The molecular formula is C19H25N5OS. The van der Waals surface area contributed by atoms with Crippen molar-refractivity contribution in [1.29, 1.82) is 0 Å². The number of carbonyl (C=O) groups excluding carboxylic acids is 1. The Bertz CT molecular complexity index is 780. The summed E-state index contributed by atoms with van der Waals surface area (Å²) in [4.78, 5) is 16.6. The largest absolute Gasteiger partial charge is 0.342 e. The predicted octanol–water partition coefficient (Wildman–Crippen LogP) is 3.09. The number of thioether (sulfide) groups is 1. The van der Waals surface area contributed by atoms with Gasteiger partial charge in [-0.2, -0.15) is 0 Å². The summed E-state index contributed by atoms with van der Waals surface area (Å²) < 4.78 is 2.12. The van der Waals surface area contributed by atoms with Crippen LogP contribution in [0.15, 0.2) is 29.4 Å². The van der Waals surface area contributed by atoms with E-state index in [1.807, 2.05) is 4.90 Å². The summed E-state index contributed by atoms with van der Waals surface area (Å²) >= 11 is 1.51. The molecule has 1 fully saturated rings. The Morgan fingerprint density at radius 1 is 1.12 bits per heavy atom. The summed E-state index contributed by atoms with van der Waals surface area (Å²) in [6.45, 7) is 7.87. The first-order valence-electron chi connectivity index (χ1n) is 9.30. The van der Waals surface area contributed by atoms with Crippen LogP contribution in [0.4, 0.5) is 11.6 Å². The molecule has 138 valence electrons. The average molecular weight is 372 g/mol. The summed E-state index contributed by atoms with van der Waals surface area (Å²) in [5.41, 5.74) is 2.38. The van der Waals surface area contributed by atoms with Crippen molar-refractivity contribution in [2.75, 3.05) is 30.3 Å². The number of carbonyl (C=O) groups is 1. The third kappa shape index (κ3) is 3.45. The van der Waals surface area contributed by atoms with E-state index in [1.165, 1.54) is 17.3 Å². The summed E-state index contributed by atoms with van der Waals surface area (Å²) in [7, 11) is 0. The van der Waals surface area contributed by atoms with Crippen LogP contribution in [0.2, 0.25) is 0 Å². The number of hydrogen-bond acceptors (Lipinski definition) is 5. The first kappa shape index (κ1) is 17.4. The number of amides is 1. The molecule has 0 saturated carbocycles. The Kier molecular flexibility index (Phi) is 4.89. The molecule has 3 heterocycles. The monoisotopic (exact) mass is 371 g/mol. The molecule has 1 saturated heterocycles. The third-order valence-electron chi connectivity index (χ3n) is 5.29. The van der Waals surface area contributed by atoms with Gasteiger partial charge < -0.3 is 9.80 Å². The maximum atomic E-state index is 12.5. The molecule has 0 unspecified atom stereocenters. The highest BCUT2D eigenvalue weighted by Gasteiger charge is 2.27. The van der Waals surface area contributed by atoms with Crippen molar-refractivity contribution in [3.63, 3.8) is 0 Å². The van der Waals surface area contributed by atoms with E-state index < -0.39 is 0 Å². The van der Waals surface area contributed by atoms with Crippen molar-refractivity contribution in [2.45, 2.75) is 38.4 Å². The second-order valence-electron chi connectivity index (χ2n) is 7.27. The van der Waals surface area contributed by atoms with E-state index in [0.29, 0.717) is 5.75 Å². The van der Waals surface area contributed by atoms with Gasteiger partial charge in [0.1, 0.15) is 0 Å². The van der Waals surface area contributed by atoms with Gasteiger partial charge in [0.2, 0.25) is 11.9 Å². The molecule has 0 radical (unpaired) electrons. The van der Waals surface area contributed by atoms with E-state index in [2.05, 4.69) is 57.8 Å². The Morgan fingerprint density at radius 2 is 1.85 bits per heavy atom. The van der Waals surface area contributed by atoms with Gasteiger partial charge in [-0.25, -0.2) is 0 Å². The molecule has 6 nitrogen and oxygen atoms in total. The minimum atomic E-state index is 0.215. The number of aryl methyl sites for hydroxylation is 1. The van der Waals surface area contributed by atoms with Crippen LogP contribution in [0.1, 0.15) is 25.3 Å². The number of benzene rings is 1. The van der Waals surface area contributed by atoms with Crippen LogP contribution >= 0.6 is 11.8 Å². The van der Waals surface area contributed by atoms with Crippen LogP contribution in [0, 0.1) is 12.8 Å². The van der Waals surface area contributed by atoms with Crippen molar-refractivity contribution in [3.05, 3.63) is 29.8 Å². The molecule has 7 heteroatoms. The van der Waals surface area contributed by atoms with Gasteiger partial charge in [-0.3, -0.25) is 9.36 Å². The standard InChI is InChI=1S/C19H25N5OS/c1-14-3-5-16(6-4-14)23-11-12-24-18(23)20-21-19(24)26-13-17(25)22-9-7-15(2)8-10-22/h3-6,15H,7-13H2,1-2H3. The summed E-state index contributed by atoms with van der Waals surface area (Å²) in [6, 6.07) is 8.46. The minimum absolute atomic E-state index is 0.215. The lowest BCUT2D eigenvalue weighted by Gasteiger charge is -2.30. The van der Waals surface area contributed by atoms with E-state index >= 15 is 0 Å². The Morgan fingerprint density at radius 3 is 2.58 bits per heavy atom. The highest BCUT2D eigenvalue weighted by molar-refractivity contribution is 7.99. The number of hydrogen-bond donors (Lipinski definition) is 0. The lowest BCUT2D eigenvalue weighted by atomic mass is 9.99. The van der Waals surface area contributed by atoms with Crippen LogP contribution in [0.3, 0.4) is 0 Å². The molecule has 1 aromatic heterocycles. The first-order valence-corrected chi connectivity index (χ1v) is 10.3. The van der Waals surface area contributed by atoms with Crippen molar-refractivity contribution >= 4 is 29.3 Å². The molecule has 1 amide bonds. The van der Waals surface area contributed by atoms with E-state index in [0.717, 1.165) is 61.7 Å². The van der Waals surface area contributed by atoms with Gasteiger partial charge in [-0.15, -0.1) is 10.2 Å². The Hall–Kier alpha value is -2.02. The molecule has 4 rings (SSSR count). The third-order valence-corrected chi connectivity index (χ3v) is 6.24. The smallest absolute Gasteiger partial charge is 0.233 e. The van der Waals surface area contributed by atoms with Crippen LogP contribution in [-0.2, 0) is 11.3 Å². The van der Waals surface area contributed by atoms with Crippen LogP contribution in [0.25, 0.3) is 0 Å². The van der Waals surface area contributed by atoms with Gasteiger partial charge in [0.15, 0.2) is 5.16 Å². The fraction of sp³-hybridized carbons (Fsp3) is 0.526. The molecule has 0 aliphatic carbocycles. The molecule has 26 heavy (non-hydrogen) atoms. The van der Waals surface area contributed by atoms with E-state index in [-0.39, 0.29) is 5.91 Å². The second kappa shape index (κ2) is 7.31. The number of fused-ring (bicyclic) bond motifs is 1. The highest BCUT2D eigenvalue weighted by atomic mass is 32.2. The topological polar surface area (TPSA) is 54.3 Å². The van der Waals surface area contributed by atoms with Crippen LogP contribution in [-0.4, -0.2) is 51.0 Å². The lowest BCUT2D eigenvalue weighted by molar-refractivity contribution is -0.129. The quantitative estimate of drug-likeness (QED) is 0.773. The molecule has 2 aliphatic rings. The average Bonchev–Trinajstić information content (AvgIpc) is 3.23. The van der Waals surface area contributed by atoms with Gasteiger partial charge in [0, 0.05) is 31.9 Å². The first-order chi connectivity index (χ1) is 12.6. The number of piperidine rings is 1. The highest BCUT2D eigenvalue weighted by Crippen LogP contribution is 2.32. The molecule has 2 aromatic rings. The van der Waals surface area contributed by atoms with Crippen molar-refractivity contribution in [1.82, 2.24) is 19.7 Å². The molecular weight excluding hydrogens is 346 g/mol. The number of likely N-dealkylation sites (tertiary alicyclic amines) is 1. The van der Waals surface area contributed by atoms with Gasteiger partial charge >= 0.3 is 0 Å². The Balaban J connectivity index is 1.40. The SMILES string of the molecule is Cc1ccc(N2CCn3c(SCC(=O)N4CCC(C)CC4)nnc32)cc1. The van der Waals surface area contributed by atoms with Gasteiger partial charge in [0.05, 0.1) is 5.75 Å². The normalized spacial score (nSPS) is 17.6. The van der Waals surface area contributed by atoms with Gasteiger partial charge in [0.25, 0.3) is 0 Å². The molecule has 0 atom stereocenters.